The Balaban J connectivity index is -0.00000001000. The molecule has 0 fully saturated rings. The molecule has 0 spiro atoms. The second-order valence-electron chi connectivity index (χ2n) is 1.39. The third kappa shape index (κ3) is 948. The van der Waals surface area contributed by atoms with E-state index >= 15 is 0 Å². The first-order chi connectivity index (χ1) is 6.93. The van der Waals surface area contributed by atoms with Crippen LogP contribution in [0.3, 0.4) is 0 Å². The maximum atomic E-state index is 7.17. The van der Waals surface area contributed by atoms with Crippen molar-refractivity contribution in [1.82, 2.24) is 0 Å². The summed E-state index contributed by atoms with van der Waals surface area (Å²) in [6, 6.07) is 0. The van der Waals surface area contributed by atoms with Gasteiger partial charge in [-0.15, -0.1) is 0 Å². The molecule has 0 unspecified atom stereocenters. The molecule has 0 aliphatic rings. The molecule has 0 heterocycles. The van der Waals surface area contributed by atoms with Crippen LogP contribution in [0.15, 0.2) is 0 Å². The summed E-state index contributed by atoms with van der Waals surface area (Å²) in [4.78, 5) is 0. The van der Waals surface area contributed by atoms with Crippen LogP contribution in [0.4, 0.5) is 0 Å². The van der Waals surface area contributed by atoms with Crippen molar-refractivity contribution in [2.45, 2.75) is 0 Å². The van der Waals surface area contributed by atoms with Crippen molar-refractivity contribution < 1.29 is 153 Å². The second kappa shape index (κ2) is 37.2. The number of hydrogen-bond donors (Lipinski definition) is 12. The van der Waals surface area contributed by atoms with Crippen LogP contribution in [0.2, 0.25) is 0 Å². The molecule has 0 bridgehead atoms. The smallest absolute Gasteiger partial charge is 1.00 e. The van der Waals surface area contributed by atoms with Gasteiger partial charge < -0.3 is 64.6 Å². The molecule has 0 aromatic carbocycles. The van der Waals surface area contributed by atoms with Crippen molar-refractivity contribution >= 4 is 29.3 Å². The van der Waals surface area contributed by atoms with Gasteiger partial charge >= 0.3 is 118 Å². The Morgan fingerprint density at radius 3 is 0.316 bits per heavy atom. The minimum atomic E-state index is -2.17. The molecule has 0 saturated carbocycles. The van der Waals surface area contributed by atoms with Crippen LogP contribution in [0.1, 0.15) is 4.28 Å². The first-order valence-corrected chi connectivity index (χ1v) is 3.10. The van der Waals surface area contributed by atoms with E-state index in [2.05, 4.69) is 0 Å². The predicted molar refractivity (Wildman–Crippen MR) is 53.0 cm³/mol. The largest absolute Gasteiger partial charge is 1.00 e. The fourth-order valence-electron chi connectivity index (χ4n) is 0. The van der Waals surface area contributed by atoms with Gasteiger partial charge in [-0.1, -0.05) is 0 Å². The Kier molecular flexibility index (Phi) is 84.3. The molecular formula is H15B4Na3O12. The van der Waals surface area contributed by atoms with Gasteiger partial charge in [0.1, 0.15) is 0 Å². The van der Waals surface area contributed by atoms with E-state index in [1.807, 2.05) is 0 Å². The molecule has 12 N–H and O–H groups in total. The van der Waals surface area contributed by atoms with Crippen molar-refractivity contribution in [3.63, 3.8) is 0 Å². The Morgan fingerprint density at radius 2 is 0.316 bits per heavy atom. The normalized spacial score (nSPS) is 5.68. The van der Waals surface area contributed by atoms with E-state index in [4.69, 9.17) is 60.3 Å². The van der Waals surface area contributed by atoms with Crippen LogP contribution >= 0.6 is 0 Å². The third-order valence-corrected chi connectivity index (χ3v) is 0. The molecule has 12 nitrogen and oxygen atoms in total. The minimum Gasteiger partial charge on any atom is -1.00 e. The van der Waals surface area contributed by atoms with Crippen molar-refractivity contribution in [2.75, 3.05) is 0 Å². The Bertz CT molecular complexity index is 80.6. The van der Waals surface area contributed by atoms with E-state index in [0.717, 1.165) is 0 Å². The fourth-order valence-corrected chi connectivity index (χ4v) is 0. The Labute approximate surface area is 180 Å². The summed E-state index contributed by atoms with van der Waals surface area (Å²) in [5.41, 5.74) is 0. The van der Waals surface area contributed by atoms with E-state index in [1.165, 1.54) is 0 Å². The average Bonchev–Trinajstić information content (AvgIpc) is 1.76. The Hall–Kier alpha value is 2.78. The molecular weight excluding hydrogens is 304 g/mol. The van der Waals surface area contributed by atoms with Crippen LogP contribution in [-0.2, 0) is 0 Å². The van der Waals surface area contributed by atoms with Gasteiger partial charge in [0.25, 0.3) is 0 Å². The standard InChI is InChI=1S/4BH3O3.3Na.3H/c4*2-1(3)4;;;;;;/h4*2-4H;;;;;;/q;;;;3*+1;3*-1. The molecule has 0 aromatic heterocycles. The molecule has 19 heteroatoms. The molecule has 0 aliphatic heterocycles. The fraction of sp³-hybridized carbons (Fsp3) is 0. The predicted octanol–water partition coefficient (Wildman–Crippen LogP) is -16.9. The second-order valence-corrected chi connectivity index (χ2v) is 1.39. The molecule has 0 amide bonds. The number of hydrogen-bond acceptors (Lipinski definition) is 12. The van der Waals surface area contributed by atoms with Gasteiger partial charge in [0.2, 0.25) is 0 Å². The van der Waals surface area contributed by atoms with Crippen LogP contribution in [-0.4, -0.2) is 89.6 Å². The topological polar surface area (TPSA) is 243 Å². The zero-order valence-electron chi connectivity index (χ0n) is 13.7. The maximum Gasteiger partial charge on any atom is 1.00 e. The van der Waals surface area contributed by atoms with Crippen molar-refractivity contribution in [3.8, 4) is 0 Å². The van der Waals surface area contributed by atoms with Gasteiger partial charge in [-0.2, -0.15) is 0 Å². The quantitative estimate of drug-likeness (QED) is 0.186. The SMILES string of the molecule is OB(O)O.OB(O)O.OB(O)O.OB(O)O.[H-].[H-].[H-].[Na+].[Na+].[Na+]. The van der Waals surface area contributed by atoms with E-state index in [-0.39, 0.29) is 93.0 Å². The summed E-state index contributed by atoms with van der Waals surface area (Å²) in [6.45, 7) is 0. The number of rotatable bonds is 0. The van der Waals surface area contributed by atoms with Crippen LogP contribution in [0, 0.1) is 0 Å². The molecule has 0 aliphatic carbocycles. The molecule has 0 saturated heterocycles. The molecule has 102 valence electrons. The van der Waals surface area contributed by atoms with Crippen molar-refractivity contribution in [2.24, 2.45) is 0 Å². The van der Waals surface area contributed by atoms with Gasteiger partial charge in [-0.05, 0) is 0 Å². The third-order valence-electron chi connectivity index (χ3n) is 0. The Morgan fingerprint density at radius 1 is 0.316 bits per heavy atom. The van der Waals surface area contributed by atoms with E-state index < -0.39 is 29.3 Å². The summed E-state index contributed by atoms with van der Waals surface area (Å²) in [7, 11) is -8.67. The van der Waals surface area contributed by atoms with Crippen LogP contribution in [0.5, 0.6) is 0 Å². The van der Waals surface area contributed by atoms with E-state index in [0.29, 0.717) is 0 Å². The zero-order chi connectivity index (χ0) is 14.3. The first-order valence-electron chi connectivity index (χ1n) is 3.10. The zero-order valence-corrected chi connectivity index (χ0v) is 16.7. The first kappa shape index (κ1) is 43.1. The van der Waals surface area contributed by atoms with E-state index in [1.54, 1.807) is 0 Å². The van der Waals surface area contributed by atoms with Crippen molar-refractivity contribution in [1.29, 1.82) is 0 Å². The summed E-state index contributed by atoms with van der Waals surface area (Å²) in [5, 5.41) is 86.0. The summed E-state index contributed by atoms with van der Waals surface area (Å²) in [5.74, 6) is 0. The monoisotopic (exact) mass is 320 g/mol. The summed E-state index contributed by atoms with van der Waals surface area (Å²) < 4.78 is 0. The van der Waals surface area contributed by atoms with Crippen LogP contribution in [0.25, 0.3) is 0 Å². The van der Waals surface area contributed by atoms with E-state index in [9.17, 15) is 0 Å². The van der Waals surface area contributed by atoms with Gasteiger partial charge in [0, 0.05) is 0 Å². The maximum absolute atomic E-state index is 7.17. The molecule has 0 aromatic rings. The molecule has 0 radical (unpaired) electrons. The average molecular weight is 319 g/mol. The van der Waals surface area contributed by atoms with Gasteiger partial charge in [-0.25, -0.2) is 0 Å². The summed E-state index contributed by atoms with van der Waals surface area (Å²) >= 11 is 0. The van der Waals surface area contributed by atoms with Gasteiger partial charge in [0.05, 0.1) is 0 Å². The molecule has 19 heavy (non-hydrogen) atoms. The van der Waals surface area contributed by atoms with Gasteiger partial charge in [-0.3, -0.25) is 0 Å². The van der Waals surface area contributed by atoms with Crippen molar-refractivity contribution in [3.05, 3.63) is 0 Å². The minimum absolute atomic E-state index is 0. The van der Waals surface area contributed by atoms with Gasteiger partial charge in [0.15, 0.2) is 0 Å². The molecule has 0 atom stereocenters. The van der Waals surface area contributed by atoms with Crippen LogP contribution < -0.4 is 88.7 Å². The summed E-state index contributed by atoms with van der Waals surface area (Å²) in [6.07, 6.45) is 0. The molecule has 0 rings (SSSR count).